The van der Waals surface area contributed by atoms with E-state index in [2.05, 4.69) is 36.9 Å². The smallest absolute Gasteiger partial charge is 0.153 e. The van der Waals surface area contributed by atoms with Crippen LogP contribution in [0.25, 0.3) is 10.9 Å². The van der Waals surface area contributed by atoms with Crippen LogP contribution in [0.2, 0.25) is 0 Å². The van der Waals surface area contributed by atoms with Gasteiger partial charge in [0.05, 0.1) is 11.1 Å². The molecule has 1 aliphatic rings. The molecule has 1 fully saturated rings. The molecule has 110 valence electrons. The van der Waals surface area contributed by atoms with Gasteiger partial charge in [0.15, 0.2) is 6.29 Å². The van der Waals surface area contributed by atoms with Crippen LogP contribution in [-0.2, 0) is 6.42 Å². The Morgan fingerprint density at radius 1 is 1.29 bits per heavy atom. The maximum absolute atomic E-state index is 11.5. The fraction of sp³-hybridized carbons (Fsp3) is 0.444. The molecule has 0 saturated carbocycles. The van der Waals surface area contributed by atoms with E-state index in [1.807, 2.05) is 6.07 Å². The van der Waals surface area contributed by atoms with E-state index in [1.54, 1.807) is 0 Å². The van der Waals surface area contributed by atoms with Crippen LogP contribution in [0.1, 0.15) is 42.6 Å². The summed E-state index contributed by atoms with van der Waals surface area (Å²) < 4.78 is 0. The van der Waals surface area contributed by atoms with Crippen LogP contribution in [0.15, 0.2) is 24.3 Å². The van der Waals surface area contributed by atoms with Gasteiger partial charge in [-0.2, -0.15) is 0 Å². The molecule has 2 heterocycles. The number of piperidine rings is 1. The molecule has 0 aliphatic carbocycles. The SMILES string of the molecule is CCc1ccc2nc(N3CCC(C)CC3)c(C=O)cc2c1. The third-order valence-electron chi connectivity index (χ3n) is 4.51. The minimum absolute atomic E-state index is 0.713. The Balaban J connectivity index is 2.03. The highest BCUT2D eigenvalue weighted by Gasteiger charge is 2.20. The van der Waals surface area contributed by atoms with E-state index in [1.165, 1.54) is 18.4 Å². The van der Waals surface area contributed by atoms with Gasteiger partial charge in [0, 0.05) is 18.5 Å². The summed E-state index contributed by atoms with van der Waals surface area (Å²) in [5.41, 5.74) is 2.97. The molecule has 0 N–H and O–H groups in total. The Morgan fingerprint density at radius 2 is 2.05 bits per heavy atom. The van der Waals surface area contributed by atoms with Crippen LogP contribution in [0.4, 0.5) is 5.82 Å². The number of aldehydes is 1. The van der Waals surface area contributed by atoms with Crippen molar-refractivity contribution in [1.29, 1.82) is 0 Å². The van der Waals surface area contributed by atoms with Gasteiger partial charge in [0.2, 0.25) is 0 Å². The predicted molar refractivity (Wildman–Crippen MR) is 87.1 cm³/mol. The highest BCUT2D eigenvalue weighted by molar-refractivity contribution is 5.92. The lowest BCUT2D eigenvalue weighted by Gasteiger charge is -2.32. The largest absolute Gasteiger partial charge is 0.356 e. The number of anilines is 1. The number of hydrogen-bond donors (Lipinski definition) is 0. The summed E-state index contributed by atoms with van der Waals surface area (Å²) in [6, 6.07) is 8.32. The van der Waals surface area contributed by atoms with Crippen molar-refractivity contribution in [3.8, 4) is 0 Å². The second kappa shape index (κ2) is 5.84. The molecule has 0 amide bonds. The van der Waals surface area contributed by atoms with E-state index < -0.39 is 0 Å². The minimum Gasteiger partial charge on any atom is -0.356 e. The number of rotatable bonds is 3. The lowest BCUT2D eigenvalue weighted by Crippen LogP contribution is -2.34. The molecule has 21 heavy (non-hydrogen) atoms. The molecule has 1 aromatic heterocycles. The molecule has 3 heteroatoms. The van der Waals surface area contributed by atoms with Gasteiger partial charge in [0.1, 0.15) is 5.82 Å². The van der Waals surface area contributed by atoms with Crippen LogP contribution < -0.4 is 4.90 Å². The van der Waals surface area contributed by atoms with E-state index in [9.17, 15) is 4.79 Å². The van der Waals surface area contributed by atoms with Crippen LogP contribution in [0, 0.1) is 5.92 Å². The van der Waals surface area contributed by atoms with Gasteiger partial charge in [-0.15, -0.1) is 0 Å². The van der Waals surface area contributed by atoms with Gasteiger partial charge in [-0.25, -0.2) is 4.98 Å². The average Bonchev–Trinajstić information content (AvgIpc) is 2.53. The summed E-state index contributed by atoms with van der Waals surface area (Å²) in [5.74, 6) is 1.63. The summed E-state index contributed by atoms with van der Waals surface area (Å²) in [6.45, 7) is 6.41. The number of aryl methyl sites for hydroxylation is 1. The van der Waals surface area contributed by atoms with Crippen LogP contribution in [0.3, 0.4) is 0 Å². The average molecular weight is 282 g/mol. The van der Waals surface area contributed by atoms with Crippen molar-refractivity contribution < 1.29 is 4.79 Å². The summed E-state index contributed by atoms with van der Waals surface area (Å²) in [7, 11) is 0. The molecule has 0 spiro atoms. The quantitative estimate of drug-likeness (QED) is 0.802. The van der Waals surface area contributed by atoms with E-state index in [0.29, 0.717) is 5.56 Å². The van der Waals surface area contributed by atoms with Crippen molar-refractivity contribution in [2.24, 2.45) is 5.92 Å². The highest BCUT2D eigenvalue weighted by atomic mass is 16.1. The normalized spacial score (nSPS) is 16.4. The van der Waals surface area contributed by atoms with Crippen LogP contribution in [-0.4, -0.2) is 24.4 Å². The van der Waals surface area contributed by atoms with Crippen molar-refractivity contribution in [3.05, 3.63) is 35.4 Å². The van der Waals surface area contributed by atoms with Gasteiger partial charge in [-0.3, -0.25) is 4.79 Å². The fourth-order valence-corrected chi connectivity index (χ4v) is 3.01. The Kier molecular flexibility index (Phi) is 3.91. The lowest BCUT2D eigenvalue weighted by molar-refractivity contribution is 0.112. The number of pyridine rings is 1. The zero-order chi connectivity index (χ0) is 14.8. The standard InChI is InChI=1S/C18H22N2O/c1-3-14-4-5-17-15(10-14)11-16(12-21)18(19-17)20-8-6-13(2)7-9-20/h4-5,10-13H,3,6-9H2,1-2H3. The molecule has 0 bridgehead atoms. The Morgan fingerprint density at radius 3 is 2.71 bits per heavy atom. The molecular weight excluding hydrogens is 260 g/mol. The molecule has 0 atom stereocenters. The summed E-state index contributed by atoms with van der Waals surface area (Å²) in [4.78, 5) is 18.5. The fourth-order valence-electron chi connectivity index (χ4n) is 3.01. The van der Waals surface area contributed by atoms with Crippen molar-refractivity contribution in [1.82, 2.24) is 4.98 Å². The number of fused-ring (bicyclic) bond motifs is 1. The molecule has 1 saturated heterocycles. The third-order valence-corrected chi connectivity index (χ3v) is 4.51. The highest BCUT2D eigenvalue weighted by Crippen LogP contribution is 2.27. The Hall–Kier alpha value is -1.90. The van der Waals surface area contributed by atoms with Crippen molar-refractivity contribution in [2.45, 2.75) is 33.1 Å². The molecule has 1 aliphatic heterocycles. The first-order valence-electron chi connectivity index (χ1n) is 7.85. The first-order chi connectivity index (χ1) is 10.2. The second-order valence-corrected chi connectivity index (χ2v) is 6.07. The molecule has 1 aromatic carbocycles. The van der Waals surface area contributed by atoms with Crippen LogP contribution >= 0.6 is 0 Å². The van der Waals surface area contributed by atoms with E-state index in [-0.39, 0.29) is 0 Å². The molecular formula is C18H22N2O. The van der Waals surface area contributed by atoms with Crippen molar-refractivity contribution in [3.63, 3.8) is 0 Å². The van der Waals surface area contributed by atoms with Gasteiger partial charge >= 0.3 is 0 Å². The van der Waals surface area contributed by atoms with Crippen molar-refractivity contribution in [2.75, 3.05) is 18.0 Å². The maximum atomic E-state index is 11.5. The van der Waals surface area contributed by atoms with E-state index in [0.717, 1.165) is 48.4 Å². The number of nitrogens with zero attached hydrogens (tertiary/aromatic N) is 2. The molecule has 3 rings (SSSR count). The van der Waals surface area contributed by atoms with Gasteiger partial charge in [-0.1, -0.05) is 19.9 Å². The van der Waals surface area contributed by atoms with Crippen LogP contribution in [0.5, 0.6) is 0 Å². The zero-order valence-corrected chi connectivity index (χ0v) is 12.8. The first-order valence-corrected chi connectivity index (χ1v) is 7.85. The predicted octanol–water partition coefficient (Wildman–Crippen LogP) is 3.85. The first kappa shape index (κ1) is 14.1. The summed E-state index contributed by atoms with van der Waals surface area (Å²) in [5, 5.41) is 1.06. The van der Waals surface area contributed by atoms with Gasteiger partial charge in [-0.05, 0) is 48.9 Å². The molecule has 2 aromatic rings. The summed E-state index contributed by atoms with van der Waals surface area (Å²) in [6.07, 6.45) is 4.29. The Bertz CT molecular complexity index is 658. The third kappa shape index (κ3) is 2.78. The van der Waals surface area contributed by atoms with E-state index >= 15 is 0 Å². The number of benzene rings is 1. The topological polar surface area (TPSA) is 33.2 Å². The number of carbonyl (C=O) groups is 1. The monoisotopic (exact) mass is 282 g/mol. The van der Waals surface area contributed by atoms with Crippen molar-refractivity contribution >= 4 is 23.0 Å². The molecule has 0 radical (unpaired) electrons. The molecule has 3 nitrogen and oxygen atoms in total. The zero-order valence-electron chi connectivity index (χ0n) is 12.8. The number of hydrogen-bond acceptors (Lipinski definition) is 3. The summed E-state index contributed by atoms with van der Waals surface area (Å²) >= 11 is 0. The number of aromatic nitrogens is 1. The van der Waals surface area contributed by atoms with Gasteiger partial charge < -0.3 is 4.90 Å². The van der Waals surface area contributed by atoms with Gasteiger partial charge in [0.25, 0.3) is 0 Å². The second-order valence-electron chi connectivity index (χ2n) is 6.07. The molecule has 0 unspecified atom stereocenters. The van der Waals surface area contributed by atoms with E-state index in [4.69, 9.17) is 4.98 Å². The number of carbonyl (C=O) groups excluding carboxylic acids is 1. The lowest BCUT2D eigenvalue weighted by atomic mass is 9.98. The Labute approximate surface area is 126 Å². The minimum atomic E-state index is 0.713. The maximum Gasteiger partial charge on any atom is 0.153 e.